The van der Waals surface area contributed by atoms with E-state index in [1.54, 1.807) is 12.1 Å². The predicted molar refractivity (Wildman–Crippen MR) is 106 cm³/mol. The molecule has 4 heteroatoms. The molecular formula is C23H34FNO2. The van der Waals surface area contributed by atoms with Crippen LogP contribution in [-0.2, 0) is 11.2 Å². The van der Waals surface area contributed by atoms with Gasteiger partial charge in [-0.25, -0.2) is 4.39 Å². The highest BCUT2D eigenvalue weighted by Crippen LogP contribution is 2.32. The minimum Gasteiger partial charge on any atom is -0.389 e. The van der Waals surface area contributed by atoms with Crippen molar-refractivity contribution in [2.75, 3.05) is 13.1 Å². The van der Waals surface area contributed by atoms with Crippen LogP contribution in [0.1, 0.15) is 70.3 Å². The third-order valence-electron chi connectivity index (χ3n) is 6.64. The lowest BCUT2D eigenvalue weighted by Crippen LogP contribution is -2.49. The Hall–Kier alpha value is -1.42. The Labute approximate surface area is 163 Å². The van der Waals surface area contributed by atoms with Gasteiger partial charge in [-0.15, -0.1) is 0 Å². The van der Waals surface area contributed by atoms with Gasteiger partial charge in [0.2, 0.25) is 5.91 Å². The predicted octanol–water partition coefficient (Wildman–Crippen LogP) is 4.72. The van der Waals surface area contributed by atoms with Crippen molar-refractivity contribution < 1.29 is 14.3 Å². The highest BCUT2D eigenvalue weighted by molar-refractivity contribution is 5.79. The molecule has 1 aliphatic carbocycles. The smallest absolute Gasteiger partial charge is 0.225 e. The first-order valence-electron chi connectivity index (χ1n) is 10.7. The van der Waals surface area contributed by atoms with Gasteiger partial charge in [-0.05, 0) is 49.3 Å². The normalized spacial score (nSPS) is 21.8. The summed E-state index contributed by atoms with van der Waals surface area (Å²) >= 11 is 0. The number of hydrogen-bond donors (Lipinski definition) is 1. The molecule has 0 spiro atoms. The number of benzene rings is 1. The maximum atomic E-state index is 13.1. The molecule has 1 amide bonds. The molecule has 3 nitrogen and oxygen atoms in total. The number of carbonyl (C=O) groups excluding carboxylic acids is 1. The highest BCUT2D eigenvalue weighted by Gasteiger charge is 2.36. The van der Waals surface area contributed by atoms with Crippen LogP contribution in [0.2, 0.25) is 0 Å². The molecule has 1 atom stereocenters. The minimum absolute atomic E-state index is 0.136. The average Bonchev–Trinajstić information content (AvgIpc) is 2.69. The van der Waals surface area contributed by atoms with E-state index in [0.29, 0.717) is 38.3 Å². The van der Waals surface area contributed by atoms with E-state index in [1.165, 1.54) is 44.2 Å². The van der Waals surface area contributed by atoms with E-state index >= 15 is 0 Å². The van der Waals surface area contributed by atoms with E-state index in [1.807, 2.05) is 4.90 Å². The first-order valence-corrected chi connectivity index (χ1v) is 10.7. The maximum absolute atomic E-state index is 13.1. The molecule has 150 valence electrons. The van der Waals surface area contributed by atoms with Crippen LogP contribution in [-0.4, -0.2) is 34.6 Å². The van der Waals surface area contributed by atoms with Gasteiger partial charge in [0.15, 0.2) is 0 Å². The summed E-state index contributed by atoms with van der Waals surface area (Å²) in [6.07, 6.45) is 10.2. The van der Waals surface area contributed by atoms with Gasteiger partial charge < -0.3 is 10.0 Å². The zero-order chi connectivity index (χ0) is 19.3. The van der Waals surface area contributed by atoms with Crippen LogP contribution in [0.15, 0.2) is 24.3 Å². The van der Waals surface area contributed by atoms with Gasteiger partial charge >= 0.3 is 0 Å². The minimum atomic E-state index is -0.792. The van der Waals surface area contributed by atoms with Crippen LogP contribution in [0.4, 0.5) is 4.39 Å². The third kappa shape index (κ3) is 5.54. The number of rotatable bonds is 6. The van der Waals surface area contributed by atoms with Crippen LogP contribution < -0.4 is 0 Å². The number of nitrogens with zero attached hydrogens (tertiary/aromatic N) is 1. The van der Waals surface area contributed by atoms with Crippen LogP contribution in [0.3, 0.4) is 0 Å². The molecule has 2 fully saturated rings. The van der Waals surface area contributed by atoms with Gasteiger partial charge in [0.05, 0.1) is 5.60 Å². The molecule has 2 aliphatic rings. The Morgan fingerprint density at radius 2 is 1.81 bits per heavy atom. The fraction of sp³-hybridized carbons (Fsp3) is 0.696. The Kier molecular flexibility index (Phi) is 6.91. The maximum Gasteiger partial charge on any atom is 0.225 e. The summed E-state index contributed by atoms with van der Waals surface area (Å²) in [5.74, 6) is 0.880. The summed E-state index contributed by atoms with van der Waals surface area (Å²) in [7, 11) is 0. The summed E-state index contributed by atoms with van der Waals surface area (Å²) in [5.41, 5.74) is 0.155. The molecule has 27 heavy (non-hydrogen) atoms. The SMILES string of the molecule is CCC(CC1CCCCC1)C(=O)N1CCC(O)(Cc2ccc(F)cc2)CC1. The van der Waals surface area contributed by atoms with E-state index in [2.05, 4.69) is 6.92 Å². The molecule has 1 aromatic carbocycles. The van der Waals surface area contributed by atoms with Crippen molar-refractivity contribution in [3.05, 3.63) is 35.6 Å². The van der Waals surface area contributed by atoms with Gasteiger partial charge in [0, 0.05) is 25.4 Å². The molecule has 0 bridgehead atoms. The first kappa shape index (κ1) is 20.3. The van der Waals surface area contributed by atoms with Gasteiger partial charge in [0.1, 0.15) is 5.82 Å². The van der Waals surface area contributed by atoms with Crippen molar-refractivity contribution in [1.82, 2.24) is 4.90 Å². The lowest BCUT2D eigenvalue weighted by atomic mass is 9.81. The lowest BCUT2D eigenvalue weighted by Gasteiger charge is -2.40. The van der Waals surface area contributed by atoms with E-state index < -0.39 is 5.60 Å². The van der Waals surface area contributed by atoms with Crippen LogP contribution in [0.25, 0.3) is 0 Å². The van der Waals surface area contributed by atoms with Crippen LogP contribution >= 0.6 is 0 Å². The highest BCUT2D eigenvalue weighted by atomic mass is 19.1. The number of hydrogen-bond acceptors (Lipinski definition) is 2. The number of likely N-dealkylation sites (tertiary alicyclic amines) is 1. The second-order valence-electron chi connectivity index (χ2n) is 8.70. The molecule has 0 aromatic heterocycles. The summed E-state index contributed by atoms with van der Waals surface area (Å²) in [5, 5.41) is 10.9. The monoisotopic (exact) mass is 375 g/mol. The molecule has 3 rings (SSSR count). The van der Waals surface area contributed by atoms with Crippen molar-refractivity contribution in [1.29, 1.82) is 0 Å². The molecular weight excluding hydrogens is 341 g/mol. The molecule has 1 aliphatic heterocycles. The molecule has 1 saturated heterocycles. The Morgan fingerprint density at radius 3 is 2.41 bits per heavy atom. The van der Waals surface area contributed by atoms with E-state index in [0.717, 1.165) is 18.4 Å². The van der Waals surface area contributed by atoms with Crippen molar-refractivity contribution in [3.8, 4) is 0 Å². The van der Waals surface area contributed by atoms with Crippen LogP contribution in [0, 0.1) is 17.7 Å². The Bertz CT molecular complexity index is 601. The first-order chi connectivity index (χ1) is 13.0. The van der Waals surface area contributed by atoms with E-state index in [9.17, 15) is 14.3 Å². The molecule has 1 saturated carbocycles. The molecule has 0 radical (unpaired) electrons. The van der Waals surface area contributed by atoms with Crippen molar-refractivity contribution in [2.24, 2.45) is 11.8 Å². The number of halogens is 1. The molecule has 1 aromatic rings. The van der Waals surface area contributed by atoms with Crippen molar-refractivity contribution in [2.45, 2.75) is 76.7 Å². The Morgan fingerprint density at radius 1 is 1.19 bits per heavy atom. The zero-order valence-corrected chi connectivity index (χ0v) is 16.6. The van der Waals surface area contributed by atoms with Crippen molar-refractivity contribution >= 4 is 5.91 Å². The second kappa shape index (κ2) is 9.18. The summed E-state index contributed by atoms with van der Waals surface area (Å²) < 4.78 is 13.1. The van der Waals surface area contributed by atoms with Gasteiger partial charge in [-0.1, -0.05) is 51.2 Å². The van der Waals surface area contributed by atoms with E-state index in [4.69, 9.17) is 0 Å². The fourth-order valence-electron chi connectivity index (χ4n) is 4.83. The third-order valence-corrected chi connectivity index (χ3v) is 6.64. The standard InChI is InChI=1S/C23H34FNO2/c1-2-20(16-18-6-4-3-5-7-18)22(26)25-14-12-23(27,13-15-25)17-19-8-10-21(24)11-9-19/h8-11,18,20,27H,2-7,12-17H2,1H3. The van der Waals surface area contributed by atoms with Gasteiger partial charge in [-0.2, -0.15) is 0 Å². The average molecular weight is 376 g/mol. The van der Waals surface area contributed by atoms with Crippen LogP contribution in [0.5, 0.6) is 0 Å². The number of aliphatic hydroxyl groups is 1. The summed E-state index contributed by atoms with van der Waals surface area (Å²) in [4.78, 5) is 15.0. The van der Waals surface area contributed by atoms with E-state index in [-0.39, 0.29) is 17.6 Å². The quantitative estimate of drug-likeness (QED) is 0.782. The lowest BCUT2D eigenvalue weighted by molar-refractivity contribution is -0.140. The number of amides is 1. The molecule has 1 unspecified atom stereocenters. The fourth-order valence-corrected chi connectivity index (χ4v) is 4.83. The largest absolute Gasteiger partial charge is 0.389 e. The second-order valence-corrected chi connectivity index (χ2v) is 8.70. The zero-order valence-electron chi connectivity index (χ0n) is 16.6. The van der Waals surface area contributed by atoms with Crippen molar-refractivity contribution in [3.63, 3.8) is 0 Å². The van der Waals surface area contributed by atoms with Gasteiger partial charge in [-0.3, -0.25) is 4.79 Å². The number of carbonyl (C=O) groups is 1. The molecule has 1 N–H and O–H groups in total. The summed E-state index contributed by atoms with van der Waals surface area (Å²) in [6, 6.07) is 6.35. The Balaban J connectivity index is 1.52. The topological polar surface area (TPSA) is 40.5 Å². The molecule has 1 heterocycles. The van der Waals surface area contributed by atoms with Gasteiger partial charge in [0.25, 0.3) is 0 Å². The summed E-state index contributed by atoms with van der Waals surface area (Å²) in [6.45, 7) is 3.37. The number of piperidine rings is 1.